The Labute approximate surface area is 144 Å². The first-order valence-corrected chi connectivity index (χ1v) is 8.42. The van der Waals surface area contributed by atoms with Gasteiger partial charge in [-0.3, -0.25) is 4.79 Å². The molecule has 1 atom stereocenters. The highest BCUT2D eigenvalue weighted by molar-refractivity contribution is 5.72. The molecular weight excluding hydrogens is 296 g/mol. The summed E-state index contributed by atoms with van der Waals surface area (Å²) in [7, 11) is 1.44. The summed E-state index contributed by atoms with van der Waals surface area (Å²) in [5.41, 5.74) is 3.55. The second kappa shape index (κ2) is 9.57. The number of esters is 1. The molecular formula is C22H24O2. The smallest absolute Gasteiger partial charge is 0.309 e. The molecule has 24 heavy (non-hydrogen) atoms. The van der Waals surface area contributed by atoms with E-state index in [9.17, 15) is 4.79 Å². The zero-order chi connectivity index (χ0) is 17.2. The highest BCUT2D eigenvalue weighted by Gasteiger charge is 2.17. The number of benzene rings is 2. The molecule has 0 aliphatic heterocycles. The van der Waals surface area contributed by atoms with Crippen molar-refractivity contribution in [1.29, 1.82) is 0 Å². The van der Waals surface area contributed by atoms with E-state index in [0.717, 1.165) is 24.8 Å². The first-order valence-electron chi connectivity index (χ1n) is 8.42. The Kier molecular flexibility index (Phi) is 7.11. The van der Waals surface area contributed by atoms with Crippen LogP contribution in [0.1, 0.15) is 36.5 Å². The minimum Gasteiger partial charge on any atom is -0.469 e. The van der Waals surface area contributed by atoms with Crippen LogP contribution in [0.2, 0.25) is 0 Å². The summed E-state index contributed by atoms with van der Waals surface area (Å²) in [4.78, 5) is 12.0. The molecule has 0 N–H and O–H groups in total. The Morgan fingerprint density at radius 3 is 2.33 bits per heavy atom. The van der Waals surface area contributed by atoms with Gasteiger partial charge in [0, 0.05) is 12.0 Å². The molecule has 0 spiro atoms. The topological polar surface area (TPSA) is 26.3 Å². The minimum absolute atomic E-state index is 0.178. The summed E-state index contributed by atoms with van der Waals surface area (Å²) < 4.78 is 4.93. The van der Waals surface area contributed by atoms with Gasteiger partial charge in [0.1, 0.15) is 0 Å². The predicted molar refractivity (Wildman–Crippen MR) is 97.6 cm³/mol. The van der Waals surface area contributed by atoms with Crippen molar-refractivity contribution in [3.8, 4) is 11.8 Å². The quantitative estimate of drug-likeness (QED) is 0.582. The van der Waals surface area contributed by atoms with Gasteiger partial charge in [-0.25, -0.2) is 0 Å². The van der Waals surface area contributed by atoms with Gasteiger partial charge in [-0.05, 0) is 42.5 Å². The van der Waals surface area contributed by atoms with E-state index in [4.69, 9.17) is 4.74 Å². The van der Waals surface area contributed by atoms with Gasteiger partial charge in [-0.2, -0.15) is 0 Å². The third-order valence-electron chi connectivity index (χ3n) is 4.10. The lowest BCUT2D eigenvalue weighted by Gasteiger charge is -2.12. The maximum absolute atomic E-state index is 12.0. The monoisotopic (exact) mass is 320 g/mol. The van der Waals surface area contributed by atoms with E-state index < -0.39 is 0 Å². The summed E-state index contributed by atoms with van der Waals surface area (Å²) in [5.74, 6) is 5.87. The fraction of sp³-hybridized carbons (Fsp3) is 0.318. The average molecular weight is 320 g/mol. The summed E-state index contributed by atoms with van der Waals surface area (Å²) >= 11 is 0. The molecule has 0 bridgehead atoms. The lowest BCUT2D eigenvalue weighted by Crippen LogP contribution is -2.16. The Balaban J connectivity index is 1.95. The molecule has 0 amide bonds. The Morgan fingerprint density at radius 2 is 1.71 bits per heavy atom. The van der Waals surface area contributed by atoms with Gasteiger partial charge in [0.15, 0.2) is 0 Å². The average Bonchev–Trinajstić information content (AvgIpc) is 2.65. The van der Waals surface area contributed by atoms with Gasteiger partial charge in [0.2, 0.25) is 0 Å². The van der Waals surface area contributed by atoms with Gasteiger partial charge in [-0.1, -0.05) is 61.2 Å². The molecule has 0 saturated heterocycles. The Bertz CT molecular complexity index is 690. The summed E-state index contributed by atoms with van der Waals surface area (Å²) in [6, 6.07) is 18.4. The molecule has 0 heterocycles. The zero-order valence-corrected chi connectivity index (χ0v) is 14.4. The maximum atomic E-state index is 12.0. The number of hydrogen-bond acceptors (Lipinski definition) is 2. The third kappa shape index (κ3) is 5.59. The predicted octanol–water partition coefficient (Wildman–Crippen LogP) is 4.41. The van der Waals surface area contributed by atoms with Crippen LogP contribution in [0.15, 0.2) is 54.6 Å². The van der Waals surface area contributed by atoms with E-state index in [2.05, 4.69) is 43.0 Å². The van der Waals surface area contributed by atoms with Crippen molar-refractivity contribution in [2.45, 2.75) is 32.6 Å². The lowest BCUT2D eigenvalue weighted by atomic mass is 9.96. The van der Waals surface area contributed by atoms with E-state index in [0.29, 0.717) is 6.42 Å². The molecule has 2 nitrogen and oxygen atoms in total. The summed E-state index contributed by atoms with van der Waals surface area (Å²) in [6.07, 6.45) is 3.17. The van der Waals surface area contributed by atoms with E-state index >= 15 is 0 Å². The fourth-order valence-electron chi connectivity index (χ4n) is 2.55. The second-order valence-electron chi connectivity index (χ2n) is 5.80. The van der Waals surface area contributed by atoms with Crippen LogP contribution in [0.25, 0.3) is 0 Å². The number of carbonyl (C=O) groups excluding carboxylic acids is 1. The molecule has 124 valence electrons. The summed E-state index contributed by atoms with van der Waals surface area (Å²) in [6.45, 7) is 2.15. The van der Waals surface area contributed by atoms with Gasteiger partial charge >= 0.3 is 5.97 Å². The molecule has 1 unspecified atom stereocenters. The van der Waals surface area contributed by atoms with Gasteiger partial charge in [0.05, 0.1) is 13.0 Å². The molecule has 0 radical (unpaired) electrons. The molecule has 2 aromatic rings. The molecule has 0 saturated carbocycles. The molecule has 0 aliphatic carbocycles. The number of rotatable bonds is 6. The van der Waals surface area contributed by atoms with Crippen LogP contribution in [0, 0.1) is 17.8 Å². The molecule has 0 fully saturated rings. The largest absolute Gasteiger partial charge is 0.469 e. The minimum atomic E-state index is -0.183. The number of methoxy groups -OCH3 is 1. The highest BCUT2D eigenvalue weighted by atomic mass is 16.5. The van der Waals surface area contributed by atoms with Crippen molar-refractivity contribution in [3.63, 3.8) is 0 Å². The Morgan fingerprint density at radius 1 is 1.04 bits per heavy atom. The number of aryl methyl sites for hydroxylation is 2. The first-order chi connectivity index (χ1) is 11.7. The maximum Gasteiger partial charge on any atom is 0.309 e. The van der Waals surface area contributed by atoms with Crippen LogP contribution in [-0.2, 0) is 22.4 Å². The molecule has 2 rings (SSSR count). The van der Waals surface area contributed by atoms with E-state index in [-0.39, 0.29) is 11.9 Å². The van der Waals surface area contributed by atoms with Crippen molar-refractivity contribution in [3.05, 3.63) is 71.3 Å². The molecule has 0 aliphatic rings. The normalized spacial score (nSPS) is 11.2. The van der Waals surface area contributed by atoms with Crippen molar-refractivity contribution in [2.75, 3.05) is 7.11 Å². The molecule has 2 aromatic carbocycles. The van der Waals surface area contributed by atoms with Crippen LogP contribution in [0.4, 0.5) is 0 Å². The van der Waals surface area contributed by atoms with Gasteiger partial charge in [0.25, 0.3) is 0 Å². The number of carbonyl (C=O) groups is 1. The molecule has 2 heteroatoms. The van der Waals surface area contributed by atoms with Crippen molar-refractivity contribution in [1.82, 2.24) is 0 Å². The van der Waals surface area contributed by atoms with Crippen molar-refractivity contribution >= 4 is 5.97 Å². The third-order valence-corrected chi connectivity index (χ3v) is 4.10. The van der Waals surface area contributed by atoms with E-state index in [1.807, 2.05) is 30.3 Å². The summed E-state index contributed by atoms with van der Waals surface area (Å²) in [5, 5.41) is 0. The van der Waals surface area contributed by atoms with E-state index in [1.54, 1.807) is 0 Å². The lowest BCUT2D eigenvalue weighted by molar-refractivity contribution is -0.145. The standard InChI is InChI=1S/C22H24O2/c1-3-18-12-14-20(15-13-18)16-17-21(22(23)24-2)11-7-10-19-8-5-4-6-9-19/h4-6,8-9,12-15,21H,3,11,16-17H2,1-2H3. The van der Waals surface area contributed by atoms with Crippen LogP contribution in [-0.4, -0.2) is 13.1 Å². The van der Waals surface area contributed by atoms with Crippen LogP contribution < -0.4 is 0 Å². The van der Waals surface area contributed by atoms with Crippen molar-refractivity contribution < 1.29 is 9.53 Å². The Hall–Kier alpha value is -2.53. The molecule has 0 aromatic heterocycles. The second-order valence-corrected chi connectivity index (χ2v) is 5.80. The number of ether oxygens (including phenoxy) is 1. The van der Waals surface area contributed by atoms with E-state index in [1.165, 1.54) is 18.2 Å². The highest BCUT2D eigenvalue weighted by Crippen LogP contribution is 2.16. The van der Waals surface area contributed by atoms with Crippen molar-refractivity contribution in [2.24, 2.45) is 5.92 Å². The fourth-order valence-corrected chi connectivity index (χ4v) is 2.55. The van der Waals surface area contributed by atoms with Crippen LogP contribution in [0.3, 0.4) is 0 Å². The van der Waals surface area contributed by atoms with Crippen LogP contribution in [0.5, 0.6) is 0 Å². The number of hydrogen-bond donors (Lipinski definition) is 0. The SMILES string of the molecule is CCc1ccc(CCC(CC#Cc2ccccc2)C(=O)OC)cc1. The zero-order valence-electron chi connectivity index (χ0n) is 14.4. The van der Waals surface area contributed by atoms with Gasteiger partial charge in [-0.15, -0.1) is 0 Å². The van der Waals surface area contributed by atoms with Gasteiger partial charge < -0.3 is 4.74 Å². The first kappa shape index (κ1) is 17.8. The van der Waals surface area contributed by atoms with Crippen LogP contribution >= 0.6 is 0 Å².